The Hall–Kier alpha value is -9.38. The second-order valence-electron chi connectivity index (χ2n) is 18.3. The molecule has 11 aromatic carbocycles. The summed E-state index contributed by atoms with van der Waals surface area (Å²) < 4.78 is 17.8. The molecule has 0 atom stereocenters. The summed E-state index contributed by atoms with van der Waals surface area (Å²) in [7, 11) is 0. The smallest absolute Gasteiger partial charge is 0.136 e. The van der Waals surface area contributed by atoms with Crippen LogP contribution in [0.15, 0.2) is 251 Å². The first-order chi connectivity index (χ1) is 34.7. The van der Waals surface area contributed by atoms with Crippen LogP contribution in [0.25, 0.3) is 143 Å². The highest BCUT2D eigenvalue weighted by atomic mass is 16.3. The van der Waals surface area contributed by atoms with Crippen LogP contribution in [0.5, 0.6) is 0 Å². The summed E-state index contributed by atoms with van der Waals surface area (Å²) in [6, 6.07) is 87.6. The molecule has 0 saturated carbocycles. The zero-order valence-electron chi connectivity index (χ0n) is 37.8. The Balaban J connectivity index is 0.995. The molecule has 4 nitrogen and oxygen atoms in total. The zero-order chi connectivity index (χ0) is 45.9. The molecule has 70 heavy (non-hydrogen) atoms. The van der Waals surface area contributed by atoms with Crippen molar-refractivity contribution in [3.8, 4) is 55.9 Å². The Kier molecular flexibility index (Phi) is 8.33. The van der Waals surface area contributed by atoms with Crippen LogP contribution in [-0.4, -0.2) is 9.13 Å². The van der Waals surface area contributed by atoms with Crippen LogP contribution in [-0.2, 0) is 0 Å². The molecule has 0 N–H and O–H groups in total. The minimum Gasteiger partial charge on any atom is -0.456 e. The van der Waals surface area contributed by atoms with E-state index in [4.69, 9.17) is 8.83 Å². The van der Waals surface area contributed by atoms with Gasteiger partial charge in [-0.3, -0.25) is 0 Å². The van der Waals surface area contributed by atoms with Crippen molar-refractivity contribution in [2.75, 3.05) is 0 Å². The van der Waals surface area contributed by atoms with E-state index in [2.05, 4.69) is 240 Å². The van der Waals surface area contributed by atoms with Crippen LogP contribution in [0.1, 0.15) is 0 Å². The van der Waals surface area contributed by atoms with E-state index in [0.717, 1.165) is 88.4 Å². The number of hydrogen-bond acceptors (Lipinski definition) is 2. The lowest BCUT2D eigenvalue weighted by Crippen LogP contribution is -1.98. The fourth-order valence-corrected chi connectivity index (χ4v) is 11.5. The monoisotopic (exact) mass is 892 g/mol. The average Bonchev–Trinajstić information content (AvgIpc) is 4.19. The third-order valence-electron chi connectivity index (χ3n) is 14.5. The molecule has 4 aromatic heterocycles. The lowest BCUT2D eigenvalue weighted by Gasteiger charge is -2.14. The van der Waals surface area contributed by atoms with Crippen molar-refractivity contribution in [3.05, 3.63) is 243 Å². The van der Waals surface area contributed by atoms with Gasteiger partial charge in [0.25, 0.3) is 0 Å². The van der Waals surface area contributed by atoms with Gasteiger partial charge in [-0.05, 0) is 123 Å². The molecule has 0 bridgehead atoms. The number of aromatic nitrogens is 2. The maximum absolute atomic E-state index is 6.46. The topological polar surface area (TPSA) is 36.1 Å². The Morgan fingerprint density at radius 3 is 1.09 bits per heavy atom. The molecule has 0 unspecified atom stereocenters. The maximum atomic E-state index is 6.46. The third-order valence-corrected chi connectivity index (χ3v) is 14.5. The summed E-state index contributed by atoms with van der Waals surface area (Å²) in [5.41, 5.74) is 19.6. The Morgan fingerprint density at radius 1 is 0.229 bits per heavy atom. The van der Waals surface area contributed by atoms with Crippen molar-refractivity contribution in [1.82, 2.24) is 9.13 Å². The van der Waals surface area contributed by atoms with Gasteiger partial charge < -0.3 is 18.0 Å². The van der Waals surface area contributed by atoms with Gasteiger partial charge in [-0.15, -0.1) is 0 Å². The van der Waals surface area contributed by atoms with Gasteiger partial charge in [0.2, 0.25) is 0 Å². The van der Waals surface area contributed by atoms with Crippen LogP contribution in [0, 0.1) is 0 Å². The molecule has 4 heterocycles. The second-order valence-corrected chi connectivity index (χ2v) is 18.3. The van der Waals surface area contributed by atoms with Gasteiger partial charge in [0.15, 0.2) is 0 Å². The number of para-hydroxylation sites is 2. The van der Waals surface area contributed by atoms with E-state index in [-0.39, 0.29) is 0 Å². The average molecular weight is 893 g/mol. The highest BCUT2D eigenvalue weighted by Gasteiger charge is 2.23. The molecule has 0 amide bonds. The molecule has 0 radical (unpaired) electrons. The number of fused-ring (bicyclic) bond motifs is 12. The Bertz CT molecular complexity index is 4300. The molecule has 0 spiro atoms. The fraction of sp³-hybridized carbons (Fsp3) is 0. The van der Waals surface area contributed by atoms with Crippen molar-refractivity contribution in [2.24, 2.45) is 0 Å². The van der Waals surface area contributed by atoms with Crippen molar-refractivity contribution >= 4 is 87.5 Å². The second kappa shape index (κ2) is 15.1. The lowest BCUT2D eigenvalue weighted by atomic mass is 9.94. The summed E-state index contributed by atoms with van der Waals surface area (Å²) in [6.07, 6.45) is 0. The number of benzene rings is 11. The van der Waals surface area contributed by atoms with Gasteiger partial charge >= 0.3 is 0 Å². The summed E-state index contributed by atoms with van der Waals surface area (Å²) in [5, 5.41) is 9.29. The molecule has 0 fully saturated rings. The van der Waals surface area contributed by atoms with Gasteiger partial charge in [0, 0.05) is 54.5 Å². The van der Waals surface area contributed by atoms with Gasteiger partial charge in [-0.1, -0.05) is 164 Å². The normalized spacial score (nSPS) is 12.0. The van der Waals surface area contributed by atoms with Gasteiger partial charge in [0.05, 0.1) is 22.1 Å². The van der Waals surface area contributed by atoms with Crippen molar-refractivity contribution in [1.29, 1.82) is 0 Å². The lowest BCUT2D eigenvalue weighted by molar-refractivity contribution is 0.668. The predicted octanol–water partition coefficient (Wildman–Crippen LogP) is 18.3. The van der Waals surface area contributed by atoms with E-state index >= 15 is 0 Å². The highest BCUT2D eigenvalue weighted by Crippen LogP contribution is 2.47. The number of rotatable bonds is 6. The van der Waals surface area contributed by atoms with Gasteiger partial charge in [0.1, 0.15) is 22.3 Å². The first-order valence-corrected chi connectivity index (χ1v) is 23.9. The van der Waals surface area contributed by atoms with Crippen LogP contribution < -0.4 is 0 Å². The first-order valence-electron chi connectivity index (χ1n) is 23.9. The molecular formula is C66H40N2O2. The summed E-state index contributed by atoms with van der Waals surface area (Å²) in [4.78, 5) is 0. The molecule has 15 rings (SSSR count). The molecular weight excluding hydrogens is 853 g/mol. The van der Waals surface area contributed by atoms with Crippen LogP contribution in [0.3, 0.4) is 0 Å². The van der Waals surface area contributed by atoms with E-state index in [1.54, 1.807) is 0 Å². The number of furan rings is 2. The summed E-state index contributed by atoms with van der Waals surface area (Å²) >= 11 is 0. The van der Waals surface area contributed by atoms with Gasteiger partial charge in [-0.2, -0.15) is 0 Å². The quantitative estimate of drug-likeness (QED) is 0.167. The largest absolute Gasteiger partial charge is 0.456 e. The summed E-state index contributed by atoms with van der Waals surface area (Å²) in [5.74, 6) is 0. The third kappa shape index (κ3) is 5.71. The van der Waals surface area contributed by atoms with E-state index in [0.29, 0.717) is 0 Å². The van der Waals surface area contributed by atoms with E-state index < -0.39 is 0 Å². The number of hydrogen-bond donors (Lipinski definition) is 0. The Labute approximate surface area is 402 Å². The van der Waals surface area contributed by atoms with Crippen molar-refractivity contribution in [3.63, 3.8) is 0 Å². The fourth-order valence-electron chi connectivity index (χ4n) is 11.5. The molecule has 4 heteroatoms. The van der Waals surface area contributed by atoms with E-state index in [9.17, 15) is 0 Å². The van der Waals surface area contributed by atoms with Crippen molar-refractivity contribution in [2.45, 2.75) is 0 Å². The number of nitrogens with zero attached hydrogens (tertiary/aromatic N) is 2. The van der Waals surface area contributed by atoms with Gasteiger partial charge in [-0.25, -0.2) is 0 Å². The molecule has 15 aromatic rings. The first kappa shape index (κ1) is 38.7. The zero-order valence-corrected chi connectivity index (χ0v) is 37.8. The molecule has 0 aliphatic heterocycles. The Morgan fingerprint density at radius 2 is 0.614 bits per heavy atom. The van der Waals surface area contributed by atoms with Crippen LogP contribution in [0.2, 0.25) is 0 Å². The highest BCUT2D eigenvalue weighted by molar-refractivity contribution is 6.23. The summed E-state index contributed by atoms with van der Waals surface area (Å²) in [6.45, 7) is 0. The standard InChI is InChI=1S/C66H40N2O2/c1-3-16-41(17-4-1)43-34-36-55-53(38-43)63-47(49-26-14-32-61-65(49)51-22-7-9-30-59(51)69-61)24-12-28-57(63)67(55)45-20-11-21-46(40-45)68-56-37-35-44(42-18-5-2-6-19-42)39-54(56)64-48(25-13-29-58(64)68)50-27-15-33-62-66(50)52-23-8-10-31-60(52)70-62/h1-40H. The maximum Gasteiger partial charge on any atom is 0.136 e. The SMILES string of the molecule is c1ccc(-c2ccc3c(c2)c2c(-c4cccc5oc6ccccc6c45)cccc2n3-c2cccc(-n3c4ccc(-c5ccccc5)cc4c4c(-c5cccc6oc7ccccc7c56)cccc43)c2)cc1. The molecule has 0 aliphatic carbocycles. The van der Waals surface area contributed by atoms with Crippen LogP contribution in [0.4, 0.5) is 0 Å². The predicted molar refractivity (Wildman–Crippen MR) is 291 cm³/mol. The van der Waals surface area contributed by atoms with Crippen LogP contribution >= 0.6 is 0 Å². The minimum absolute atomic E-state index is 0.886. The van der Waals surface area contributed by atoms with Crippen molar-refractivity contribution < 1.29 is 8.83 Å². The minimum atomic E-state index is 0.886. The van der Waals surface area contributed by atoms with E-state index in [1.807, 2.05) is 12.1 Å². The molecule has 326 valence electrons. The molecule has 0 aliphatic rings. The molecule has 0 saturated heterocycles. The van der Waals surface area contributed by atoms with E-state index in [1.165, 1.54) is 54.9 Å².